The number of benzene rings is 1. The van der Waals surface area contributed by atoms with Gasteiger partial charge in [-0.15, -0.1) is 11.8 Å². The molecule has 0 spiro atoms. The van der Waals surface area contributed by atoms with Crippen LogP contribution in [0, 0.1) is 0 Å². The van der Waals surface area contributed by atoms with E-state index in [2.05, 4.69) is 21.1 Å². The van der Waals surface area contributed by atoms with E-state index >= 15 is 0 Å². The van der Waals surface area contributed by atoms with Gasteiger partial charge < -0.3 is 10.9 Å². The van der Waals surface area contributed by atoms with Gasteiger partial charge in [-0.3, -0.25) is 0 Å². The fourth-order valence-electron chi connectivity index (χ4n) is 0.883. The number of halogens is 1. The molecule has 0 amide bonds. The number of rotatable bonds is 2. The molecule has 1 aromatic carbocycles. The Balaban J connectivity index is 3.10. The average Bonchev–Trinajstić information content (AvgIpc) is 2.16. The zero-order valence-corrected chi connectivity index (χ0v) is 9.39. The molecule has 0 aromatic heterocycles. The van der Waals surface area contributed by atoms with Crippen LogP contribution in [0.25, 0.3) is 0 Å². The second-order valence-corrected chi connectivity index (χ2v) is 4.04. The van der Waals surface area contributed by atoms with Gasteiger partial charge in [0, 0.05) is 14.9 Å². The highest BCUT2D eigenvalue weighted by atomic mass is 79.9. The third kappa shape index (κ3) is 2.38. The van der Waals surface area contributed by atoms with Gasteiger partial charge in [0.05, 0.1) is 0 Å². The van der Waals surface area contributed by atoms with E-state index in [0.717, 1.165) is 9.37 Å². The minimum absolute atomic E-state index is 0.119. The second-order valence-electron chi connectivity index (χ2n) is 2.33. The van der Waals surface area contributed by atoms with Crippen LogP contribution in [-0.4, -0.2) is 17.3 Å². The lowest BCUT2D eigenvalue weighted by Crippen LogP contribution is -2.12. The lowest BCUT2D eigenvalue weighted by molar-refractivity contribution is 0.318. The number of thioether (sulfide) groups is 1. The molecule has 0 aliphatic heterocycles. The average molecular weight is 261 g/mol. The summed E-state index contributed by atoms with van der Waals surface area (Å²) in [4.78, 5) is 1.12. The van der Waals surface area contributed by atoms with E-state index in [1.165, 1.54) is 0 Å². The Morgan fingerprint density at radius 2 is 2.31 bits per heavy atom. The maximum absolute atomic E-state index is 8.45. The quantitative estimate of drug-likeness (QED) is 0.282. The molecule has 70 valence electrons. The topological polar surface area (TPSA) is 58.6 Å². The van der Waals surface area contributed by atoms with Gasteiger partial charge in [-0.2, -0.15) is 0 Å². The van der Waals surface area contributed by atoms with E-state index in [4.69, 9.17) is 10.9 Å². The van der Waals surface area contributed by atoms with E-state index in [1.807, 2.05) is 24.5 Å². The first kappa shape index (κ1) is 10.4. The molecule has 3 nitrogen and oxygen atoms in total. The second kappa shape index (κ2) is 4.53. The van der Waals surface area contributed by atoms with Crippen molar-refractivity contribution in [2.45, 2.75) is 4.90 Å². The van der Waals surface area contributed by atoms with Gasteiger partial charge in [0.25, 0.3) is 0 Å². The van der Waals surface area contributed by atoms with Crippen molar-refractivity contribution in [2.75, 3.05) is 6.26 Å². The molecule has 0 aliphatic rings. The van der Waals surface area contributed by atoms with Gasteiger partial charge in [-0.25, -0.2) is 0 Å². The van der Waals surface area contributed by atoms with Crippen LogP contribution in [0.15, 0.2) is 32.7 Å². The molecule has 0 heterocycles. The Bertz CT molecular complexity index is 341. The van der Waals surface area contributed by atoms with E-state index in [-0.39, 0.29) is 5.84 Å². The SMILES string of the molecule is CSc1ccc(/C(N)=N/O)cc1Br. The minimum atomic E-state index is 0.119. The van der Waals surface area contributed by atoms with E-state index in [9.17, 15) is 0 Å². The van der Waals surface area contributed by atoms with Crippen LogP contribution >= 0.6 is 27.7 Å². The molecule has 0 bridgehead atoms. The Labute approximate surface area is 89.1 Å². The molecule has 3 N–H and O–H groups in total. The summed E-state index contributed by atoms with van der Waals surface area (Å²) in [7, 11) is 0. The lowest BCUT2D eigenvalue weighted by atomic mass is 10.2. The standard InChI is InChI=1S/C8H9BrN2OS/c1-13-7-3-2-5(4-6(7)9)8(10)11-12/h2-4,12H,1H3,(H2,10,11). The Kier molecular flexibility index (Phi) is 3.62. The van der Waals surface area contributed by atoms with Crippen molar-refractivity contribution in [3.05, 3.63) is 28.2 Å². The summed E-state index contributed by atoms with van der Waals surface area (Å²) < 4.78 is 0.948. The zero-order chi connectivity index (χ0) is 9.84. The van der Waals surface area contributed by atoms with E-state index in [1.54, 1.807) is 11.8 Å². The summed E-state index contributed by atoms with van der Waals surface area (Å²) >= 11 is 5.03. The summed E-state index contributed by atoms with van der Waals surface area (Å²) in [6.07, 6.45) is 1.99. The maximum atomic E-state index is 8.45. The van der Waals surface area contributed by atoms with Crippen LogP contribution in [0.3, 0.4) is 0 Å². The Morgan fingerprint density at radius 3 is 2.77 bits per heavy atom. The van der Waals surface area contributed by atoms with E-state index < -0.39 is 0 Å². The molecule has 1 rings (SSSR count). The molecule has 0 fully saturated rings. The highest BCUT2D eigenvalue weighted by Gasteiger charge is 2.03. The normalized spacial score (nSPS) is 11.7. The van der Waals surface area contributed by atoms with Crippen molar-refractivity contribution in [2.24, 2.45) is 10.9 Å². The van der Waals surface area contributed by atoms with Crippen molar-refractivity contribution >= 4 is 33.5 Å². The fourth-order valence-corrected chi connectivity index (χ4v) is 2.21. The van der Waals surface area contributed by atoms with Gasteiger partial charge in [0.15, 0.2) is 5.84 Å². The third-order valence-electron chi connectivity index (χ3n) is 1.56. The number of nitrogens with two attached hydrogens (primary N) is 1. The van der Waals surface area contributed by atoms with E-state index in [0.29, 0.717) is 5.56 Å². The Morgan fingerprint density at radius 1 is 1.62 bits per heavy atom. The molecule has 1 aromatic rings. The first-order valence-electron chi connectivity index (χ1n) is 3.50. The van der Waals surface area contributed by atoms with Gasteiger partial charge in [0.1, 0.15) is 0 Å². The van der Waals surface area contributed by atoms with Crippen LogP contribution in [-0.2, 0) is 0 Å². The zero-order valence-electron chi connectivity index (χ0n) is 6.99. The molecule has 0 saturated heterocycles. The summed E-state index contributed by atoms with van der Waals surface area (Å²) in [6, 6.07) is 5.55. The number of hydrogen-bond acceptors (Lipinski definition) is 3. The smallest absolute Gasteiger partial charge is 0.170 e. The van der Waals surface area contributed by atoms with Crippen LogP contribution in [0.4, 0.5) is 0 Å². The molecule has 13 heavy (non-hydrogen) atoms. The van der Waals surface area contributed by atoms with Crippen molar-refractivity contribution < 1.29 is 5.21 Å². The van der Waals surface area contributed by atoms with Crippen LogP contribution in [0.2, 0.25) is 0 Å². The van der Waals surface area contributed by atoms with Crippen molar-refractivity contribution in [3.8, 4) is 0 Å². The molecule has 5 heteroatoms. The summed E-state index contributed by atoms with van der Waals surface area (Å²) in [6.45, 7) is 0. The highest BCUT2D eigenvalue weighted by molar-refractivity contribution is 9.10. The monoisotopic (exact) mass is 260 g/mol. The summed E-state index contributed by atoms with van der Waals surface area (Å²) in [5.74, 6) is 0.119. The molecule has 0 radical (unpaired) electrons. The molecular weight excluding hydrogens is 252 g/mol. The van der Waals surface area contributed by atoms with Gasteiger partial charge in [-0.1, -0.05) is 5.16 Å². The van der Waals surface area contributed by atoms with Crippen molar-refractivity contribution in [3.63, 3.8) is 0 Å². The Hall–Kier alpha value is -0.680. The number of nitrogens with zero attached hydrogens (tertiary/aromatic N) is 1. The highest BCUT2D eigenvalue weighted by Crippen LogP contribution is 2.26. The van der Waals surface area contributed by atoms with Crippen LogP contribution < -0.4 is 5.73 Å². The lowest BCUT2D eigenvalue weighted by Gasteiger charge is -2.03. The molecule has 0 aliphatic carbocycles. The van der Waals surface area contributed by atoms with Gasteiger partial charge >= 0.3 is 0 Å². The first-order chi connectivity index (χ1) is 6.19. The first-order valence-corrected chi connectivity index (χ1v) is 5.52. The largest absolute Gasteiger partial charge is 0.409 e. The number of hydrogen-bond donors (Lipinski definition) is 2. The predicted octanol–water partition coefficient (Wildman–Crippen LogP) is 2.27. The minimum Gasteiger partial charge on any atom is -0.409 e. The van der Waals surface area contributed by atoms with Gasteiger partial charge in [-0.05, 0) is 40.4 Å². The summed E-state index contributed by atoms with van der Waals surface area (Å²) in [5, 5.41) is 11.4. The fraction of sp³-hybridized carbons (Fsp3) is 0.125. The van der Waals surface area contributed by atoms with Crippen LogP contribution in [0.1, 0.15) is 5.56 Å². The number of amidine groups is 1. The molecule has 0 unspecified atom stereocenters. The molecule has 0 saturated carbocycles. The van der Waals surface area contributed by atoms with Crippen molar-refractivity contribution in [1.29, 1.82) is 0 Å². The number of oxime groups is 1. The van der Waals surface area contributed by atoms with Crippen LogP contribution in [0.5, 0.6) is 0 Å². The maximum Gasteiger partial charge on any atom is 0.170 e. The molecular formula is C8H9BrN2OS. The summed E-state index contributed by atoms with van der Waals surface area (Å²) in [5.41, 5.74) is 6.13. The predicted molar refractivity (Wildman–Crippen MR) is 58.4 cm³/mol. The molecule has 0 atom stereocenters. The van der Waals surface area contributed by atoms with Gasteiger partial charge in [0.2, 0.25) is 0 Å². The van der Waals surface area contributed by atoms with Crippen molar-refractivity contribution in [1.82, 2.24) is 0 Å². The third-order valence-corrected chi connectivity index (χ3v) is 3.27.